The van der Waals surface area contributed by atoms with Crippen molar-refractivity contribution < 1.29 is 4.42 Å². The number of benzene rings is 1. The average molecular weight is 171 g/mol. The smallest absolute Gasteiger partial charge is 0.169 e. The Morgan fingerprint density at radius 2 is 2.08 bits per heavy atom. The lowest BCUT2D eigenvalue weighted by atomic mass is 9.99. The Hall–Kier alpha value is -1.50. The molecule has 1 radical (unpaired) electrons. The minimum Gasteiger partial charge on any atom is -0.460 e. The van der Waals surface area contributed by atoms with Gasteiger partial charge in [-0.2, -0.15) is 0 Å². The van der Waals surface area contributed by atoms with E-state index in [2.05, 4.69) is 38.3 Å². The van der Waals surface area contributed by atoms with Gasteiger partial charge in [0.1, 0.15) is 0 Å². The van der Waals surface area contributed by atoms with Gasteiger partial charge in [-0.25, -0.2) is 0 Å². The zero-order valence-corrected chi connectivity index (χ0v) is 7.79. The molecule has 13 heavy (non-hydrogen) atoms. The van der Waals surface area contributed by atoms with Gasteiger partial charge in [0, 0.05) is 5.56 Å². The minimum absolute atomic E-state index is 1.10. The van der Waals surface area contributed by atoms with Crippen LogP contribution in [-0.4, -0.2) is 0 Å². The second-order valence-corrected chi connectivity index (χ2v) is 3.20. The fourth-order valence-corrected chi connectivity index (χ4v) is 1.43. The van der Waals surface area contributed by atoms with Crippen molar-refractivity contribution >= 4 is 0 Å². The SMILES string of the molecule is Cc1cccc(-c2c[c]oc2)c1C. The molecule has 1 heterocycles. The van der Waals surface area contributed by atoms with Crippen molar-refractivity contribution in [1.29, 1.82) is 0 Å². The molecule has 0 fully saturated rings. The van der Waals surface area contributed by atoms with Gasteiger partial charge >= 0.3 is 0 Å². The first-order valence-electron chi connectivity index (χ1n) is 4.30. The molecule has 0 atom stereocenters. The van der Waals surface area contributed by atoms with Gasteiger partial charge in [0.05, 0.1) is 6.26 Å². The predicted octanol–water partition coefficient (Wildman–Crippen LogP) is 3.36. The Kier molecular flexibility index (Phi) is 1.93. The van der Waals surface area contributed by atoms with E-state index in [1.165, 1.54) is 16.7 Å². The molecule has 0 aliphatic carbocycles. The molecule has 0 spiro atoms. The number of hydrogen-bond donors (Lipinski definition) is 0. The topological polar surface area (TPSA) is 13.1 Å². The molecule has 65 valence electrons. The van der Waals surface area contributed by atoms with E-state index < -0.39 is 0 Å². The normalized spacial score (nSPS) is 10.3. The second-order valence-electron chi connectivity index (χ2n) is 3.20. The van der Waals surface area contributed by atoms with E-state index in [0.717, 1.165) is 5.56 Å². The summed E-state index contributed by atoms with van der Waals surface area (Å²) in [5, 5.41) is 0. The van der Waals surface area contributed by atoms with E-state index in [1.54, 1.807) is 6.26 Å². The van der Waals surface area contributed by atoms with Crippen LogP contribution >= 0.6 is 0 Å². The maximum atomic E-state index is 4.94. The van der Waals surface area contributed by atoms with Crippen LogP contribution in [0.5, 0.6) is 0 Å². The maximum absolute atomic E-state index is 4.94. The minimum atomic E-state index is 1.10. The summed E-state index contributed by atoms with van der Waals surface area (Å²) in [6, 6.07) is 8.14. The molecule has 2 aromatic rings. The Morgan fingerprint density at radius 3 is 2.77 bits per heavy atom. The van der Waals surface area contributed by atoms with Gasteiger partial charge in [-0.05, 0) is 36.6 Å². The van der Waals surface area contributed by atoms with E-state index in [9.17, 15) is 0 Å². The van der Waals surface area contributed by atoms with E-state index in [1.807, 2.05) is 6.07 Å². The van der Waals surface area contributed by atoms with Gasteiger partial charge in [0.2, 0.25) is 0 Å². The van der Waals surface area contributed by atoms with Crippen LogP contribution in [0.15, 0.2) is 34.9 Å². The van der Waals surface area contributed by atoms with Crippen LogP contribution in [0.3, 0.4) is 0 Å². The highest BCUT2D eigenvalue weighted by Gasteiger charge is 2.03. The van der Waals surface area contributed by atoms with Gasteiger partial charge < -0.3 is 4.42 Å². The van der Waals surface area contributed by atoms with Gasteiger partial charge in [-0.3, -0.25) is 0 Å². The first-order chi connectivity index (χ1) is 6.29. The summed E-state index contributed by atoms with van der Waals surface area (Å²) in [5.74, 6) is 0. The zero-order valence-electron chi connectivity index (χ0n) is 7.79. The largest absolute Gasteiger partial charge is 0.460 e. The lowest BCUT2D eigenvalue weighted by Crippen LogP contribution is -1.84. The molecular formula is C12H11O. The standard InChI is InChI=1S/C12H11O/c1-9-4-3-5-12(10(9)2)11-6-7-13-8-11/h3-6,8H,1-2H3. The maximum Gasteiger partial charge on any atom is 0.169 e. The molecule has 0 saturated heterocycles. The fourth-order valence-electron chi connectivity index (χ4n) is 1.43. The van der Waals surface area contributed by atoms with Crippen LogP contribution in [0, 0.1) is 20.1 Å². The summed E-state index contributed by atoms with van der Waals surface area (Å²) in [6.45, 7) is 4.24. The van der Waals surface area contributed by atoms with Crippen molar-refractivity contribution in [2.45, 2.75) is 13.8 Å². The summed E-state index contributed by atoms with van der Waals surface area (Å²) in [7, 11) is 0. The fraction of sp³-hybridized carbons (Fsp3) is 0.167. The predicted molar refractivity (Wildman–Crippen MR) is 52.5 cm³/mol. The average Bonchev–Trinajstić information content (AvgIpc) is 2.62. The van der Waals surface area contributed by atoms with Crippen LogP contribution in [0.1, 0.15) is 11.1 Å². The quantitative estimate of drug-likeness (QED) is 0.641. The second kappa shape index (κ2) is 3.09. The summed E-state index contributed by atoms with van der Waals surface area (Å²) in [5.41, 5.74) is 4.93. The van der Waals surface area contributed by atoms with E-state index >= 15 is 0 Å². The van der Waals surface area contributed by atoms with E-state index in [-0.39, 0.29) is 0 Å². The molecule has 2 rings (SSSR count). The first kappa shape index (κ1) is 8.11. The van der Waals surface area contributed by atoms with E-state index in [0.29, 0.717) is 0 Å². The molecule has 1 aromatic carbocycles. The highest BCUT2D eigenvalue weighted by atomic mass is 16.3. The Labute approximate surface area is 78.0 Å². The number of aryl methyl sites for hydroxylation is 1. The number of furan rings is 1. The summed E-state index contributed by atoms with van der Waals surface area (Å²) >= 11 is 0. The third-order valence-corrected chi connectivity index (χ3v) is 2.38. The van der Waals surface area contributed by atoms with Gasteiger partial charge in [0.15, 0.2) is 6.26 Å². The summed E-state index contributed by atoms with van der Waals surface area (Å²) in [6.07, 6.45) is 4.42. The molecule has 0 saturated carbocycles. The molecule has 1 heteroatoms. The highest BCUT2D eigenvalue weighted by Crippen LogP contribution is 2.25. The Morgan fingerprint density at radius 1 is 1.23 bits per heavy atom. The first-order valence-corrected chi connectivity index (χ1v) is 4.30. The van der Waals surface area contributed by atoms with Crippen molar-refractivity contribution in [2.24, 2.45) is 0 Å². The highest BCUT2D eigenvalue weighted by molar-refractivity contribution is 5.67. The Balaban J connectivity index is 2.59. The van der Waals surface area contributed by atoms with Crippen molar-refractivity contribution in [2.75, 3.05) is 0 Å². The van der Waals surface area contributed by atoms with Crippen molar-refractivity contribution in [3.05, 3.63) is 47.9 Å². The van der Waals surface area contributed by atoms with Crippen molar-refractivity contribution in [1.82, 2.24) is 0 Å². The zero-order chi connectivity index (χ0) is 9.26. The van der Waals surface area contributed by atoms with Crippen molar-refractivity contribution in [3.8, 4) is 11.1 Å². The molecule has 0 N–H and O–H groups in total. The molecule has 0 unspecified atom stereocenters. The van der Waals surface area contributed by atoms with Crippen LogP contribution in [0.4, 0.5) is 0 Å². The lowest BCUT2D eigenvalue weighted by Gasteiger charge is -2.05. The third kappa shape index (κ3) is 1.37. The monoisotopic (exact) mass is 171 g/mol. The lowest BCUT2D eigenvalue weighted by molar-refractivity contribution is 0.559. The van der Waals surface area contributed by atoms with Crippen LogP contribution in [0.2, 0.25) is 0 Å². The number of hydrogen-bond acceptors (Lipinski definition) is 1. The molecule has 1 aromatic heterocycles. The van der Waals surface area contributed by atoms with Crippen LogP contribution in [0.25, 0.3) is 11.1 Å². The van der Waals surface area contributed by atoms with Gasteiger partial charge in [0.25, 0.3) is 0 Å². The molecule has 1 nitrogen and oxygen atoms in total. The molecule has 0 amide bonds. The summed E-state index contributed by atoms with van der Waals surface area (Å²) in [4.78, 5) is 0. The van der Waals surface area contributed by atoms with Gasteiger partial charge in [-0.15, -0.1) is 0 Å². The van der Waals surface area contributed by atoms with Crippen molar-refractivity contribution in [3.63, 3.8) is 0 Å². The summed E-state index contributed by atoms with van der Waals surface area (Å²) < 4.78 is 4.94. The Bertz CT molecular complexity index is 399. The molecular weight excluding hydrogens is 160 g/mol. The van der Waals surface area contributed by atoms with Gasteiger partial charge in [-0.1, -0.05) is 18.2 Å². The number of rotatable bonds is 1. The molecule has 0 aliphatic heterocycles. The van der Waals surface area contributed by atoms with Crippen LogP contribution in [-0.2, 0) is 0 Å². The molecule has 0 aliphatic rings. The molecule has 0 bridgehead atoms. The third-order valence-electron chi connectivity index (χ3n) is 2.38. The van der Waals surface area contributed by atoms with E-state index in [4.69, 9.17) is 4.42 Å². The van der Waals surface area contributed by atoms with Crippen LogP contribution < -0.4 is 0 Å².